The largest absolute Gasteiger partial charge is 0.382 e. The van der Waals surface area contributed by atoms with Gasteiger partial charge in [-0.2, -0.15) is 4.99 Å². The van der Waals surface area contributed by atoms with Crippen molar-refractivity contribution in [2.45, 2.75) is 0 Å². The van der Waals surface area contributed by atoms with Crippen molar-refractivity contribution in [3.63, 3.8) is 0 Å². The molecule has 0 saturated heterocycles. The van der Waals surface area contributed by atoms with Gasteiger partial charge in [-0.25, -0.2) is 9.97 Å². The van der Waals surface area contributed by atoms with Crippen molar-refractivity contribution in [3.8, 4) is 22.4 Å². The minimum absolute atomic E-state index is 0.0281. The van der Waals surface area contributed by atoms with Crippen LogP contribution < -0.4 is 17.2 Å². The maximum Gasteiger partial charge on any atom is 0.302 e. The van der Waals surface area contributed by atoms with Gasteiger partial charge in [0.1, 0.15) is 0 Å². The summed E-state index contributed by atoms with van der Waals surface area (Å²) in [7, 11) is 0. The van der Waals surface area contributed by atoms with Gasteiger partial charge in [0.2, 0.25) is 0 Å². The van der Waals surface area contributed by atoms with Gasteiger partial charge >= 0.3 is 5.91 Å². The summed E-state index contributed by atoms with van der Waals surface area (Å²) in [5, 5.41) is 0. The number of hydrogen-bond acceptors (Lipinski definition) is 4. The topological polar surface area (TPSA) is 133 Å². The second kappa shape index (κ2) is 6.79. The molecule has 1 aromatic heterocycles. The Morgan fingerprint density at radius 2 is 1.48 bits per heavy atom. The average Bonchev–Trinajstić information content (AvgIpc) is 2.62. The molecule has 0 saturated carbocycles. The molecule has 124 valence electrons. The highest BCUT2D eigenvalue weighted by Crippen LogP contribution is 2.24. The van der Waals surface area contributed by atoms with Gasteiger partial charge in [-0.15, -0.1) is 0 Å². The van der Waals surface area contributed by atoms with E-state index in [9.17, 15) is 4.79 Å². The summed E-state index contributed by atoms with van der Waals surface area (Å²) in [6, 6.07) is 17.8. The number of nitrogen functional groups attached to an aromatic ring is 1. The number of nitrogens with zero attached hydrogens (tertiary/aromatic N) is 3. The molecule has 0 fully saturated rings. The van der Waals surface area contributed by atoms with E-state index in [2.05, 4.69) is 15.0 Å². The van der Waals surface area contributed by atoms with Gasteiger partial charge in [-0.3, -0.25) is 4.79 Å². The number of nitrogens with two attached hydrogens (primary N) is 3. The fourth-order valence-corrected chi connectivity index (χ4v) is 2.34. The fraction of sp³-hybridized carbons (Fsp3) is 0. The van der Waals surface area contributed by atoms with Crippen LogP contribution in [0.25, 0.3) is 22.4 Å². The van der Waals surface area contributed by atoms with Crippen molar-refractivity contribution >= 4 is 17.7 Å². The van der Waals surface area contributed by atoms with E-state index in [1.54, 1.807) is 0 Å². The van der Waals surface area contributed by atoms with Gasteiger partial charge in [0.05, 0.1) is 11.9 Å². The number of aliphatic imine (C=N–C) groups is 1. The summed E-state index contributed by atoms with van der Waals surface area (Å²) in [4.78, 5) is 23.5. The van der Waals surface area contributed by atoms with Crippen molar-refractivity contribution in [1.82, 2.24) is 9.97 Å². The van der Waals surface area contributed by atoms with E-state index < -0.39 is 5.91 Å². The number of anilines is 1. The minimum atomic E-state index is -0.726. The molecule has 7 heteroatoms. The first-order valence-electron chi connectivity index (χ1n) is 7.47. The molecule has 3 rings (SSSR count). The number of guanidine groups is 1. The van der Waals surface area contributed by atoms with Crippen molar-refractivity contribution in [3.05, 3.63) is 66.5 Å². The Labute approximate surface area is 144 Å². The third-order valence-corrected chi connectivity index (χ3v) is 3.52. The molecule has 3 aromatic rings. The Bertz CT molecular complexity index is 932. The summed E-state index contributed by atoms with van der Waals surface area (Å²) in [6.45, 7) is 0. The van der Waals surface area contributed by atoms with Gasteiger partial charge in [-0.1, -0.05) is 54.6 Å². The van der Waals surface area contributed by atoms with Crippen molar-refractivity contribution in [1.29, 1.82) is 0 Å². The van der Waals surface area contributed by atoms with Gasteiger partial charge in [0, 0.05) is 5.56 Å². The van der Waals surface area contributed by atoms with E-state index in [0.29, 0.717) is 5.69 Å². The van der Waals surface area contributed by atoms with Crippen LogP contribution in [0.3, 0.4) is 0 Å². The summed E-state index contributed by atoms with van der Waals surface area (Å²) in [5.74, 6) is -1.11. The number of aromatic nitrogens is 2. The SMILES string of the molecule is NC(N)=NC(=O)c1ncc(-c2ccc(-c3ccccc3)cc2)nc1N. The van der Waals surface area contributed by atoms with E-state index >= 15 is 0 Å². The molecule has 6 N–H and O–H groups in total. The molecule has 0 spiro atoms. The van der Waals surface area contributed by atoms with Gasteiger partial charge in [0.25, 0.3) is 0 Å². The zero-order chi connectivity index (χ0) is 17.8. The van der Waals surface area contributed by atoms with Gasteiger partial charge in [0.15, 0.2) is 17.5 Å². The molecule has 0 radical (unpaired) electrons. The minimum Gasteiger partial charge on any atom is -0.382 e. The number of hydrogen-bond donors (Lipinski definition) is 3. The quantitative estimate of drug-likeness (QED) is 0.495. The second-order valence-electron chi connectivity index (χ2n) is 5.27. The number of carbonyl (C=O) groups excluding carboxylic acids is 1. The predicted octanol–water partition coefficient (Wildman–Crippen LogP) is 1.81. The zero-order valence-electron chi connectivity index (χ0n) is 13.3. The lowest BCUT2D eigenvalue weighted by atomic mass is 10.0. The molecular weight excluding hydrogens is 316 g/mol. The summed E-state index contributed by atoms with van der Waals surface area (Å²) in [5.41, 5.74) is 19.7. The van der Waals surface area contributed by atoms with Gasteiger partial charge < -0.3 is 17.2 Å². The second-order valence-corrected chi connectivity index (χ2v) is 5.27. The lowest BCUT2D eigenvalue weighted by Crippen LogP contribution is -2.24. The smallest absolute Gasteiger partial charge is 0.302 e. The standard InChI is InChI=1S/C18H16N6O/c19-16-15(17(25)24-18(20)21)22-10-14(23-16)13-8-6-12(7-9-13)11-4-2-1-3-5-11/h1-10H,(H2,19,23)(H4,20,21,24,25). The zero-order valence-corrected chi connectivity index (χ0v) is 13.3. The van der Waals surface area contributed by atoms with Crippen LogP contribution in [0.1, 0.15) is 10.5 Å². The summed E-state index contributed by atoms with van der Waals surface area (Å²) >= 11 is 0. The van der Waals surface area contributed by atoms with Crippen LogP contribution in [0.15, 0.2) is 65.8 Å². The monoisotopic (exact) mass is 332 g/mol. The molecule has 25 heavy (non-hydrogen) atoms. The van der Waals surface area contributed by atoms with E-state index in [1.165, 1.54) is 6.20 Å². The number of amides is 1. The number of carbonyl (C=O) groups is 1. The van der Waals surface area contributed by atoms with Crippen LogP contribution in [-0.2, 0) is 0 Å². The average molecular weight is 332 g/mol. The Hall–Kier alpha value is -3.74. The molecule has 1 heterocycles. The maximum absolute atomic E-state index is 11.8. The summed E-state index contributed by atoms with van der Waals surface area (Å²) in [6.07, 6.45) is 1.46. The predicted molar refractivity (Wildman–Crippen MR) is 97.5 cm³/mol. The van der Waals surface area contributed by atoms with Crippen LogP contribution >= 0.6 is 0 Å². The van der Waals surface area contributed by atoms with Crippen LogP contribution in [0.5, 0.6) is 0 Å². The fourth-order valence-electron chi connectivity index (χ4n) is 2.34. The molecule has 0 bridgehead atoms. The first kappa shape index (κ1) is 16.1. The van der Waals surface area contributed by atoms with Gasteiger partial charge in [-0.05, 0) is 11.1 Å². The Morgan fingerprint density at radius 1 is 0.880 bits per heavy atom. The molecule has 0 unspecified atom stereocenters. The first-order chi connectivity index (χ1) is 12.0. The highest BCUT2D eigenvalue weighted by Gasteiger charge is 2.13. The Morgan fingerprint density at radius 3 is 2.08 bits per heavy atom. The third-order valence-electron chi connectivity index (χ3n) is 3.52. The van der Waals surface area contributed by atoms with Crippen molar-refractivity contribution in [2.24, 2.45) is 16.5 Å². The van der Waals surface area contributed by atoms with Crippen molar-refractivity contribution < 1.29 is 4.79 Å². The summed E-state index contributed by atoms with van der Waals surface area (Å²) < 4.78 is 0. The normalized spacial score (nSPS) is 10.2. The lowest BCUT2D eigenvalue weighted by Gasteiger charge is -2.06. The molecule has 0 aliphatic carbocycles. The Kier molecular flexibility index (Phi) is 4.38. The third kappa shape index (κ3) is 3.61. The number of rotatable bonds is 3. The highest BCUT2D eigenvalue weighted by atomic mass is 16.1. The van der Waals surface area contributed by atoms with Crippen molar-refractivity contribution in [2.75, 3.05) is 5.73 Å². The number of benzene rings is 2. The van der Waals surface area contributed by atoms with E-state index in [4.69, 9.17) is 17.2 Å². The van der Waals surface area contributed by atoms with Crippen LogP contribution in [0, 0.1) is 0 Å². The molecular formula is C18H16N6O. The molecule has 7 nitrogen and oxygen atoms in total. The highest BCUT2D eigenvalue weighted by molar-refractivity contribution is 6.03. The van der Waals surface area contributed by atoms with Crippen LogP contribution in [0.4, 0.5) is 5.82 Å². The first-order valence-corrected chi connectivity index (χ1v) is 7.47. The maximum atomic E-state index is 11.8. The molecule has 2 aromatic carbocycles. The molecule has 0 aliphatic rings. The molecule has 1 amide bonds. The lowest BCUT2D eigenvalue weighted by molar-refractivity contribution is 0.0998. The van der Waals surface area contributed by atoms with E-state index in [0.717, 1.165) is 16.7 Å². The Balaban J connectivity index is 1.89. The van der Waals surface area contributed by atoms with E-state index in [-0.39, 0.29) is 17.5 Å². The van der Waals surface area contributed by atoms with E-state index in [1.807, 2.05) is 54.6 Å². The van der Waals surface area contributed by atoms with Crippen LogP contribution in [-0.4, -0.2) is 21.8 Å². The molecule has 0 aliphatic heterocycles. The van der Waals surface area contributed by atoms with Crippen LogP contribution in [0.2, 0.25) is 0 Å². The molecule has 0 atom stereocenters.